The number of hydrogen-bond acceptors (Lipinski definition) is 6. The van der Waals surface area contributed by atoms with Gasteiger partial charge in [0.2, 0.25) is 0 Å². The number of pyridine rings is 1. The molecule has 0 radical (unpaired) electrons. The fourth-order valence-electron chi connectivity index (χ4n) is 1.90. The van der Waals surface area contributed by atoms with Crippen molar-refractivity contribution >= 4 is 39.0 Å². The van der Waals surface area contributed by atoms with E-state index in [-0.39, 0.29) is 17.1 Å². The number of benzene rings is 1. The van der Waals surface area contributed by atoms with Crippen molar-refractivity contribution in [1.82, 2.24) is 9.36 Å². The van der Waals surface area contributed by atoms with Gasteiger partial charge in [-0.2, -0.15) is 4.37 Å². The average molecular weight is 316 g/mol. The SMILES string of the molecule is O=C(Nc1nsc2ccc([N+](=O)[O-])cc12)c1c[nH]ccc1=O. The molecule has 0 saturated carbocycles. The molecule has 0 aliphatic rings. The summed E-state index contributed by atoms with van der Waals surface area (Å²) in [6.45, 7) is 0. The van der Waals surface area contributed by atoms with Gasteiger partial charge in [0.1, 0.15) is 5.56 Å². The van der Waals surface area contributed by atoms with E-state index in [0.29, 0.717) is 10.1 Å². The first-order chi connectivity index (χ1) is 10.6. The second-order valence-corrected chi connectivity index (χ2v) is 5.15. The molecule has 1 aromatic carbocycles. The lowest BCUT2D eigenvalue weighted by Gasteiger charge is -2.01. The highest BCUT2D eigenvalue weighted by atomic mass is 32.1. The Morgan fingerprint density at radius 3 is 2.91 bits per heavy atom. The number of hydrogen-bond donors (Lipinski definition) is 2. The van der Waals surface area contributed by atoms with Crippen LogP contribution in [0.2, 0.25) is 0 Å². The van der Waals surface area contributed by atoms with Gasteiger partial charge in [-0.1, -0.05) is 0 Å². The molecule has 0 bridgehead atoms. The lowest BCUT2D eigenvalue weighted by atomic mass is 10.2. The average Bonchev–Trinajstić information content (AvgIpc) is 2.90. The number of anilines is 1. The highest BCUT2D eigenvalue weighted by Gasteiger charge is 2.16. The number of nitro benzene ring substituents is 1. The Bertz CT molecular complexity index is 946. The van der Waals surface area contributed by atoms with Gasteiger partial charge in [-0.05, 0) is 17.6 Å². The van der Waals surface area contributed by atoms with Gasteiger partial charge < -0.3 is 10.3 Å². The van der Waals surface area contributed by atoms with Gasteiger partial charge in [0, 0.05) is 36.0 Å². The van der Waals surface area contributed by atoms with Crippen LogP contribution >= 0.6 is 11.5 Å². The highest BCUT2D eigenvalue weighted by molar-refractivity contribution is 7.13. The molecule has 0 spiro atoms. The summed E-state index contributed by atoms with van der Waals surface area (Å²) in [6, 6.07) is 5.51. The highest BCUT2D eigenvalue weighted by Crippen LogP contribution is 2.30. The van der Waals surface area contributed by atoms with E-state index in [2.05, 4.69) is 14.7 Å². The fourth-order valence-corrected chi connectivity index (χ4v) is 2.62. The Labute approximate surface area is 126 Å². The molecule has 9 heteroatoms. The minimum Gasteiger partial charge on any atom is -0.367 e. The molecule has 3 rings (SSSR count). The number of nitrogens with one attached hydrogen (secondary N) is 2. The number of nitrogens with zero attached hydrogens (tertiary/aromatic N) is 2. The number of fused-ring (bicyclic) bond motifs is 1. The molecule has 0 atom stereocenters. The molecule has 3 aromatic rings. The van der Waals surface area contributed by atoms with Crippen LogP contribution in [-0.4, -0.2) is 20.2 Å². The zero-order valence-corrected chi connectivity index (χ0v) is 11.7. The Hall–Kier alpha value is -3.07. The van der Waals surface area contributed by atoms with Crippen molar-refractivity contribution in [3.63, 3.8) is 0 Å². The summed E-state index contributed by atoms with van der Waals surface area (Å²) < 4.78 is 4.76. The van der Waals surface area contributed by atoms with Crippen molar-refractivity contribution in [2.45, 2.75) is 0 Å². The number of H-pyrrole nitrogens is 1. The van der Waals surface area contributed by atoms with Crippen LogP contribution in [0.15, 0.2) is 41.5 Å². The van der Waals surface area contributed by atoms with E-state index in [1.807, 2.05) is 0 Å². The molecular formula is C13H8N4O4S. The lowest BCUT2D eigenvalue weighted by Crippen LogP contribution is -2.21. The van der Waals surface area contributed by atoms with Crippen molar-refractivity contribution in [2.24, 2.45) is 0 Å². The summed E-state index contributed by atoms with van der Waals surface area (Å²) in [4.78, 5) is 36.7. The summed E-state index contributed by atoms with van der Waals surface area (Å²) in [5.41, 5.74) is -0.586. The minimum atomic E-state index is -0.624. The van der Waals surface area contributed by atoms with Gasteiger partial charge >= 0.3 is 0 Å². The van der Waals surface area contributed by atoms with Gasteiger partial charge in [0.25, 0.3) is 11.6 Å². The molecular weight excluding hydrogens is 308 g/mol. The Kier molecular flexibility index (Phi) is 3.39. The predicted octanol–water partition coefficient (Wildman–Crippen LogP) is 2.15. The van der Waals surface area contributed by atoms with Crippen molar-refractivity contribution in [3.05, 3.63) is 62.6 Å². The molecule has 0 unspecified atom stereocenters. The van der Waals surface area contributed by atoms with Gasteiger partial charge in [-0.25, -0.2) is 0 Å². The van der Waals surface area contributed by atoms with Gasteiger partial charge in [-0.15, -0.1) is 0 Å². The largest absolute Gasteiger partial charge is 0.367 e. The fraction of sp³-hybridized carbons (Fsp3) is 0. The number of carbonyl (C=O) groups is 1. The third-order valence-corrected chi connectivity index (χ3v) is 3.79. The van der Waals surface area contributed by atoms with Crippen LogP contribution in [0.1, 0.15) is 10.4 Å². The van der Waals surface area contributed by atoms with E-state index in [4.69, 9.17) is 0 Å². The summed E-state index contributed by atoms with van der Waals surface area (Å²) in [7, 11) is 0. The molecule has 0 fully saturated rings. The molecule has 1 amide bonds. The van der Waals surface area contributed by atoms with Gasteiger partial charge in [0.15, 0.2) is 11.2 Å². The number of nitro groups is 1. The first-order valence-corrected chi connectivity index (χ1v) is 6.86. The maximum absolute atomic E-state index is 12.1. The molecule has 22 heavy (non-hydrogen) atoms. The third kappa shape index (κ3) is 2.44. The number of non-ortho nitro benzene ring substituents is 1. The molecule has 0 aliphatic heterocycles. The van der Waals surface area contributed by atoms with E-state index in [9.17, 15) is 19.7 Å². The Balaban J connectivity index is 1.99. The molecule has 2 aromatic heterocycles. The third-order valence-electron chi connectivity index (χ3n) is 2.96. The van der Waals surface area contributed by atoms with Crippen LogP contribution in [0.25, 0.3) is 10.1 Å². The summed E-state index contributed by atoms with van der Waals surface area (Å²) >= 11 is 1.10. The smallest absolute Gasteiger partial charge is 0.270 e. The monoisotopic (exact) mass is 316 g/mol. The second kappa shape index (κ2) is 5.37. The number of rotatable bonds is 3. The first kappa shape index (κ1) is 13.9. The minimum absolute atomic E-state index is 0.0610. The van der Waals surface area contributed by atoms with Crippen molar-refractivity contribution in [2.75, 3.05) is 5.32 Å². The normalized spacial score (nSPS) is 10.5. The quantitative estimate of drug-likeness (QED) is 0.567. The zero-order valence-electron chi connectivity index (χ0n) is 10.9. The number of aromatic nitrogens is 2. The van der Waals surface area contributed by atoms with Crippen LogP contribution in [0.3, 0.4) is 0 Å². The molecule has 8 nitrogen and oxygen atoms in total. The van der Waals surface area contributed by atoms with E-state index in [1.54, 1.807) is 6.07 Å². The number of carbonyl (C=O) groups excluding carboxylic acids is 1. The number of aromatic amines is 1. The van der Waals surface area contributed by atoms with Crippen molar-refractivity contribution in [3.8, 4) is 0 Å². The first-order valence-electron chi connectivity index (χ1n) is 6.08. The Morgan fingerprint density at radius 1 is 1.36 bits per heavy atom. The number of amides is 1. The summed E-state index contributed by atoms with van der Waals surface area (Å²) in [5.74, 6) is -0.433. The van der Waals surface area contributed by atoms with Gasteiger partial charge in [-0.3, -0.25) is 19.7 Å². The van der Waals surface area contributed by atoms with Crippen LogP contribution in [0.5, 0.6) is 0 Å². The maximum Gasteiger partial charge on any atom is 0.270 e. The molecule has 110 valence electrons. The maximum atomic E-state index is 12.1. The van der Waals surface area contributed by atoms with E-state index in [0.717, 1.165) is 11.5 Å². The standard InChI is InChI=1S/C13H8N4O4S/c18-10-3-4-14-6-9(10)13(19)15-12-8-5-7(17(20)21)1-2-11(8)22-16-12/h1-6H,(H,14,18)(H,15,16,19). The van der Waals surface area contributed by atoms with Crippen LogP contribution in [-0.2, 0) is 0 Å². The van der Waals surface area contributed by atoms with E-state index >= 15 is 0 Å². The second-order valence-electron chi connectivity index (χ2n) is 4.35. The Morgan fingerprint density at radius 2 is 2.18 bits per heavy atom. The van der Waals surface area contributed by atoms with Crippen LogP contribution in [0.4, 0.5) is 11.5 Å². The predicted molar refractivity (Wildman–Crippen MR) is 81.3 cm³/mol. The summed E-state index contributed by atoms with van der Waals surface area (Å²) in [5, 5.41) is 13.8. The molecule has 0 saturated heterocycles. The van der Waals surface area contributed by atoms with Crippen molar-refractivity contribution in [1.29, 1.82) is 0 Å². The van der Waals surface area contributed by atoms with E-state index in [1.165, 1.54) is 30.6 Å². The molecule has 2 heterocycles. The molecule has 0 aliphatic carbocycles. The topological polar surface area (TPSA) is 118 Å². The van der Waals surface area contributed by atoms with Crippen LogP contribution in [0, 0.1) is 10.1 Å². The van der Waals surface area contributed by atoms with Crippen LogP contribution < -0.4 is 10.7 Å². The van der Waals surface area contributed by atoms with Gasteiger partial charge in [0.05, 0.1) is 9.62 Å². The zero-order chi connectivity index (χ0) is 15.7. The van der Waals surface area contributed by atoms with E-state index < -0.39 is 16.3 Å². The molecule has 2 N–H and O–H groups in total. The van der Waals surface area contributed by atoms with Crippen molar-refractivity contribution < 1.29 is 9.72 Å². The summed E-state index contributed by atoms with van der Waals surface area (Å²) in [6.07, 6.45) is 2.70. The lowest BCUT2D eigenvalue weighted by molar-refractivity contribution is -0.384.